The van der Waals surface area contributed by atoms with Crippen LogP contribution in [0, 0.1) is 5.92 Å². The van der Waals surface area contributed by atoms with Crippen LogP contribution in [0.1, 0.15) is 51.5 Å². The molecule has 0 heterocycles. The molecule has 1 rings (SSSR count). The Kier molecular flexibility index (Phi) is 15.2. The van der Waals surface area contributed by atoms with Crippen molar-refractivity contribution in [3.63, 3.8) is 0 Å². The maximum absolute atomic E-state index is 13.2. The molecule has 13 nitrogen and oxygen atoms in total. The number of carboxylic acid groups (broad SMARTS) is 1. The Morgan fingerprint density at radius 2 is 1.51 bits per heavy atom. The highest BCUT2D eigenvalue weighted by Gasteiger charge is 2.31. The van der Waals surface area contributed by atoms with Crippen molar-refractivity contribution in [1.29, 1.82) is 0 Å². The van der Waals surface area contributed by atoms with Crippen molar-refractivity contribution in [1.82, 2.24) is 16.0 Å². The molecule has 0 aliphatic heterocycles. The Morgan fingerprint density at radius 3 is 2.08 bits per heavy atom. The molecule has 13 heteroatoms. The number of nitrogens with zero attached hydrogens (tertiary/aromatic N) is 1. The van der Waals surface area contributed by atoms with E-state index in [1.807, 2.05) is 6.07 Å². The van der Waals surface area contributed by atoms with Gasteiger partial charge in [-0.05, 0) is 50.1 Å². The smallest absolute Gasteiger partial charge is 0.326 e. The number of unbranched alkanes of at least 4 members (excludes halogenated alkanes) is 1. The van der Waals surface area contributed by atoms with Crippen molar-refractivity contribution in [3.8, 4) is 0 Å². The Bertz CT molecular complexity index is 953. The average molecular weight is 549 g/mol. The Balaban J connectivity index is 2.91. The zero-order valence-corrected chi connectivity index (χ0v) is 22.8. The van der Waals surface area contributed by atoms with Gasteiger partial charge in [-0.1, -0.05) is 44.2 Å². The summed E-state index contributed by atoms with van der Waals surface area (Å²) >= 11 is 0. The maximum Gasteiger partial charge on any atom is 0.326 e. The second-order valence-corrected chi connectivity index (χ2v) is 9.72. The summed E-state index contributed by atoms with van der Waals surface area (Å²) in [5, 5.41) is 17.6. The number of aliphatic carboxylic acids is 1. The van der Waals surface area contributed by atoms with Crippen LogP contribution in [0.5, 0.6) is 0 Å². The molecule has 0 fully saturated rings. The number of benzene rings is 1. The predicted octanol–water partition coefficient (Wildman–Crippen LogP) is -1.07. The molecule has 0 aromatic heterocycles. The van der Waals surface area contributed by atoms with Crippen LogP contribution < -0.4 is 38.9 Å². The van der Waals surface area contributed by atoms with Crippen molar-refractivity contribution in [2.75, 3.05) is 13.1 Å². The fourth-order valence-corrected chi connectivity index (χ4v) is 3.79. The van der Waals surface area contributed by atoms with Gasteiger partial charge in [0, 0.05) is 13.0 Å². The second kappa shape index (κ2) is 17.7. The summed E-state index contributed by atoms with van der Waals surface area (Å²) in [6.07, 6.45) is 2.25. The first-order chi connectivity index (χ1) is 18.5. The number of nitrogens with one attached hydrogen (secondary N) is 3. The Morgan fingerprint density at radius 1 is 0.872 bits per heavy atom. The summed E-state index contributed by atoms with van der Waals surface area (Å²) in [7, 11) is 0. The van der Waals surface area contributed by atoms with E-state index in [1.54, 1.807) is 38.1 Å². The molecule has 218 valence electrons. The first kappa shape index (κ1) is 33.3. The van der Waals surface area contributed by atoms with Crippen molar-refractivity contribution < 1.29 is 24.3 Å². The lowest BCUT2D eigenvalue weighted by atomic mass is 10.0. The number of amides is 3. The van der Waals surface area contributed by atoms with Gasteiger partial charge in [-0.2, -0.15) is 0 Å². The minimum Gasteiger partial charge on any atom is -0.480 e. The van der Waals surface area contributed by atoms with Crippen LogP contribution in [0.2, 0.25) is 0 Å². The number of hydrogen-bond donors (Lipinski definition) is 8. The van der Waals surface area contributed by atoms with E-state index in [9.17, 15) is 24.3 Å². The van der Waals surface area contributed by atoms with Crippen molar-refractivity contribution in [3.05, 3.63) is 35.9 Å². The zero-order chi connectivity index (χ0) is 29.4. The van der Waals surface area contributed by atoms with E-state index in [1.165, 1.54) is 0 Å². The molecule has 0 bridgehead atoms. The van der Waals surface area contributed by atoms with Gasteiger partial charge >= 0.3 is 5.97 Å². The molecule has 39 heavy (non-hydrogen) atoms. The van der Waals surface area contributed by atoms with Gasteiger partial charge in [0.25, 0.3) is 0 Å². The molecule has 12 N–H and O–H groups in total. The number of carboxylic acids is 1. The third kappa shape index (κ3) is 13.1. The quantitative estimate of drug-likeness (QED) is 0.0632. The summed E-state index contributed by atoms with van der Waals surface area (Å²) in [5.41, 5.74) is 22.9. The molecule has 0 aliphatic rings. The average Bonchev–Trinajstić information content (AvgIpc) is 2.88. The van der Waals surface area contributed by atoms with E-state index in [-0.39, 0.29) is 24.7 Å². The fraction of sp³-hybridized carbons (Fsp3) is 0.577. The summed E-state index contributed by atoms with van der Waals surface area (Å²) in [4.78, 5) is 54.7. The molecular formula is C26H44N8O5. The number of hydrogen-bond acceptors (Lipinski definition) is 7. The summed E-state index contributed by atoms with van der Waals surface area (Å²) in [5.74, 6) is -3.29. The highest BCUT2D eigenvalue weighted by molar-refractivity contribution is 5.94. The van der Waals surface area contributed by atoms with Crippen molar-refractivity contribution in [2.24, 2.45) is 33.8 Å². The lowest BCUT2D eigenvalue weighted by Gasteiger charge is -2.27. The maximum atomic E-state index is 13.2. The van der Waals surface area contributed by atoms with Gasteiger partial charge < -0.3 is 44.0 Å². The van der Waals surface area contributed by atoms with Crippen LogP contribution in [-0.4, -0.2) is 72.0 Å². The van der Waals surface area contributed by atoms with E-state index >= 15 is 0 Å². The lowest BCUT2D eigenvalue weighted by molar-refractivity contribution is -0.142. The molecule has 4 atom stereocenters. The van der Waals surface area contributed by atoms with Crippen LogP contribution in [0.25, 0.3) is 0 Å². The molecule has 1 aromatic carbocycles. The van der Waals surface area contributed by atoms with Crippen molar-refractivity contribution in [2.45, 2.75) is 76.5 Å². The van der Waals surface area contributed by atoms with Crippen molar-refractivity contribution >= 4 is 29.7 Å². The lowest BCUT2D eigenvalue weighted by Crippen LogP contribution is -2.58. The summed E-state index contributed by atoms with van der Waals surface area (Å²) < 4.78 is 0. The molecule has 0 radical (unpaired) electrons. The highest BCUT2D eigenvalue weighted by atomic mass is 16.4. The Hall–Kier alpha value is -3.71. The molecular weight excluding hydrogens is 504 g/mol. The standard InChI is InChI=1S/C26H44N8O5/c1-16(2)21(34-22(35)18(28)11-8-14-31-26(29)30)24(37)32-19(12-6-7-13-27)23(36)33-20(25(38)39)15-17-9-4-3-5-10-17/h3-5,9-10,16,18-21H,6-8,11-15,27-28H2,1-2H3,(H,32,37)(H,33,36)(H,34,35)(H,38,39)(H4,29,30,31). The van der Waals surface area contributed by atoms with Crippen LogP contribution in [0.3, 0.4) is 0 Å². The number of rotatable bonds is 18. The number of nitrogens with two attached hydrogens (primary N) is 4. The Labute approximate surface area is 229 Å². The number of guanidine groups is 1. The SMILES string of the molecule is CC(C)C(NC(=O)C(N)CCCN=C(N)N)C(=O)NC(CCCCN)C(=O)NC(Cc1ccccc1)C(=O)O. The van der Waals surface area contributed by atoms with Gasteiger partial charge in [0.1, 0.15) is 18.1 Å². The third-order valence-corrected chi connectivity index (χ3v) is 6.03. The zero-order valence-electron chi connectivity index (χ0n) is 22.8. The van der Waals surface area contributed by atoms with Crippen LogP contribution in [0.4, 0.5) is 0 Å². The van der Waals surface area contributed by atoms with Crippen LogP contribution in [0.15, 0.2) is 35.3 Å². The number of carbonyl (C=O) groups is 4. The van der Waals surface area contributed by atoms with E-state index < -0.39 is 47.9 Å². The molecule has 0 saturated carbocycles. The van der Waals surface area contributed by atoms with Gasteiger partial charge in [0.2, 0.25) is 17.7 Å². The number of carbonyl (C=O) groups excluding carboxylic acids is 3. The van der Waals surface area contributed by atoms with Gasteiger partial charge in [-0.15, -0.1) is 0 Å². The van der Waals surface area contributed by atoms with E-state index in [2.05, 4.69) is 20.9 Å². The normalized spacial score (nSPS) is 14.0. The predicted molar refractivity (Wildman–Crippen MR) is 149 cm³/mol. The van der Waals surface area contributed by atoms with E-state index in [4.69, 9.17) is 22.9 Å². The summed E-state index contributed by atoms with van der Waals surface area (Å²) in [6.45, 7) is 4.22. The van der Waals surface area contributed by atoms with Gasteiger partial charge in [0.15, 0.2) is 5.96 Å². The molecule has 3 amide bonds. The van der Waals surface area contributed by atoms with Crippen LogP contribution >= 0.6 is 0 Å². The fourth-order valence-electron chi connectivity index (χ4n) is 3.79. The molecule has 0 aliphatic carbocycles. The van der Waals surface area contributed by atoms with E-state index in [0.717, 1.165) is 5.56 Å². The molecule has 1 aromatic rings. The number of aliphatic imine (C=N–C) groups is 1. The third-order valence-electron chi connectivity index (χ3n) is 6.03. The largest absolute Gasteiger partial charge is 0.480 e. The second-order valence-electron chi connectivity index (χ2n) is 9.72. The van der Waals surface area contributed by atoms with E-state index in [0.29, 0.717) is 38.8 Å². The van der Waals surface area contributed by atoms with Crippen LogP contribution in [-0.2, 0) is 25.6 Å². The molecule has 0 saturated heterocycles. The highest BCUT2D eigenvalue weighted by Crippen LogP contribution is 2.09. The topological polar surface area (TPSA) is 241 Å². The van der Waals surface area contributed by atoms with Gasteiger partial charge in [-0.3, -0.25) is 19.4 Å². The monoisotopic (exact) mass is 548 g/mol. The van der Waals surface area contributed by atoms with Gasteiger partial charge in [0.05, 0.1) is 6.04 Å². The minimum absolute atomic E-state index is 0.0515. The van der Waals surface area contributed by atoms with Gasteiger partial charge in [-0.25, -0.2) is 4.79 Å². The summed E-state index contributed by atoms with van der Waals surface area (Å²) in [6, 6.07) is 4.85. The minimum atomic E-state index is -1.19. The first-order valence-electron chi connectivity index (χ1n) is 13.1. The first-order valence-corrected chi connectivity index (χ1v) is 13.1. The molecule has 0 spiro atoms. The molecule has 4 unspecified atom stereocenters.